The second-order valence-electron chi connectivity index (χ2n) is 5.86. The molecule has 6 heteroatoms. The summed E-state index contributed by atoms with van der Waals surface area (Å²) in [5, 5.41) is 0.681. The van der Waals surface area contributed by atoms with Crippen LogP contribution in [0.15, 0.2) is 0 Å². The van der Waals surface area contributed by atoms with Crippen LogP contribution in [0.4, 0.5) is 0 Å². The molecular formula is C12H19BrO5. The van der Waals surface area contributed by atoms with E-state index >= 15 is 0 Å². The molecule has 0 radical (unpaired) electrons. The van der Waals surface area contributed by atoms with Gasteiger partial charge in [-0.25, -0.2) is 0 Å². The first-order valence-corrected chi connectivity index (χ1v) is 7.36. The van der Waals surface area contributed by atoms with Crippen molar-refractivity contribution in [1.82, 2.24) is 0 Å². The molecule has 3 aliphatic rings. The summed E-state index contributed by atoms with van der Waals surface area (Å²) in [6.45, 7) is 7.58. The molecule has 0 N–H and O–H groups in total. The summed E-state index contributed by atoms with van der Waals surface area (Å²) in [7, 11) is 0. The summed E-state index contributed by atoms with van der Waals surface area (Å²) in [4.78, 5) is 0. The number of hydrogen-bond donors (Lipinski definition) is 0. The monoisotopic (exact) mass is 322 g/mol. The maximum Gasteiger partial charge on any atom is 0.190 e. The van der Waals surface area contributed by atoms with Gasteiger partial charge >= 0.3 is 0 Å². The molecular weight excluding hydrogens is 304 g/mol. The van der Waals surface area contributed by atoms with Gasteiger partial charge in [0, 0.05) is 5.33 Å². The Hall–Kier alpha value is 0.280. The van der Waals surface area contributed by atoms with E-state index in [1.807, 2.05) is 27.7 Å². The molecule has 0 aromatic carbocycles. The van der Waals surface area contributed by atoms with E-state index in [2.05, 4.69) is 15.9 Å². The Morgan fingerprint density at radius 2 is 1.39 bits per heavy atom. The average Bonchev–Trinajstić information content (AvgIpc) is 2.71. The van der Waals surface area contributed by atoms with Crippen molar-refractivity contribution in [1.29, 1.82) is 0 Å². The van der Waals surface area contributed by atoms with Gasteiger partial charge in [0.15, 0.2) is 17.9 Å². The highest BCUT2D eigenvalue weighted by atomic mass is 79.9. The van der Waals surface area contributed by atoms with Gasteiger partial charge in [0.1, 0.15) is 18.3 Å². The number of hydrogen-bond acceptors (Lipinski definition) is 5. The maximum absolute atomic E-state index is 5.96. The SMILES string of the molecule is CC1(C)OC2OC(CBr)C3OC(C)(C)OC3C2O1. The van der Waals surface area contributed by atoms with Crippen LogP contribution < -0.4 is 0 Å². The van der Waals surface area contributed by atoms with Crippen molar-refractivity contribution in [3.63, 3.8) is 0 Å². The molecule has 3 heterocycles. The number of alkyl halides is 1. The van der Waals surface area contributed by atoms with Crippen molar-refractivity contribution in [2.75, 3.05) is 5.33 Å². The van der Waals surface area contributed by atoms with Crippen LogP contribution in [0.5, 0.6) is 0 Å². The molecule has 0 aromatic heterocycles. The van der Waals surface area contributed by atoms with Crippen molar-refractivity contribution in [3.05, 3.63) is 0 Å². The molecule has 3 aliphatic heterocycles. The van der Waals surface area contributed by atoms with Crippen molar-refractivity contribution < 1.29 is 23.7 Å². The lowest BCUT2D eigenvalue weighted by atomic mass is 10.0. The van der Waals surface area contributed by atoms with Gasteiger partial charge in [0.2, 0.25) is 0 Å². The van der Waals surface area contributed by atoms with Crippen LogP contribution in [-0.2, 0) is 23.7 Å². The summed E-state index contributed by atoms with van der Waals surface area (Å²) in [5.41, 5.74) is 0. The molecule has 104 valence electrons. The Morgan fingerprint density at radius 1 is 0.833 bits per heavy atom. The van der Waals surface area contributed by atoms with Crippen LogP contribution in [0, 0.1) is 0 Å². The minimum atomic E-state index is -0.642. The van der Waals surface area contributed by atoms with Gasteiger partial charge in [-0.15, -0.1) is 0 Å². The first kappa shape index (κ1) is 13.3. The molecule has 5 atom stereocenters. The number of halogens is 1. The smallest absolute Gasteiger partial charge is 0.190 e. The van der Waals surface area contributed by atoms with Crippen LogP contribution in [0.25, 0.3) is 0 Å². The third kappa shape index (κ3) is 2.13. The lowest BCUT2D eigenvalue weighted by Gasteiger charge is -2.36. The summed E-state index contributed by atoms with van der Waals surface area (Å²) >= 11 is 3.45. The van der Waals surface area contributed by atoms with Crippen LogP contribution in [-0.4, -0.2) is 47.6 Å². The van der Waals surface area contributed by atoms with Gasteiger partial charge in [0.25, 0.3) is 0 Å². The minimum Gasteiger partial charge on any atom is -0.343 e. The second kappa shape index (κ2) is 4.14. The Bertz CT molecular complexity index is 345. The Morgan fingerprint density at radius 3 is 2.06 bits per heavy atom. The highest BCUT2D eigenvalue weighted by molar-refractivity contribution is 9.09. The zero-order chi connectivity index (χ0) is 13.1. The van der Waals surface area contributed by atoms with Gasteiger partial charge in [0.05, 0.1) is 6.10 Å². The third-order valence-corrected chi connectivity index (χ3v) is 4.04. The van der Waals surface area contributed by atoms with E-state index in [9.17, 15) is 0 Å². The highest BCUT2D eigenvalue weighted by Gasteiger charge is 2.60. The molecule has 3 fully saturated rings. The lowest BCUT2D eigenvalue weighted by molar-refractivity contribution is -0.227. The van der Waals surface area contributed by atoms with Crippen molar-refractivity contribution in [2.24, 2.45) is 0 Å². The molecule has 18 heavy (non-hydrogen) atoms. The fraction of sp³-hybridized carbons (Fsp3) is 1.00. The summed E-state index contributed by atoms with van der Waals surface area (Å²) < 4.78 is 29.4. The molecule has 0 spiro atoms. The highest BCUT2D eigenvalue weighted by Crippen LogP contribution is 2.44. The topological polar surface area (TPSA) is 46.2 Å². The van der Waals surface area contributed by atoms with Gasteiger partial charge in [-0.05, 0) is 27.7 Å². The fourth-order valence-corrected chi connectivity index (χ4v) is 3.34. The van der Waals surface area contributed by atoms with Crippen LogP contribution >= 0.6 is 15.9 Å². The predicted octanol–water partition coefficient (Wildman–Crippen LogP) is 1.78. The average molecular weight is 323 g/mol. The summed E-state index contributed by atoms with van der Waals surface area (Å²) in [6.07, 6.45) is -0.986. The molecule has 3 saturated heterocycles. The maximum atomic E-state index is 5.96. The van der Waals surface area contributed by atoms with Crippen LogP contribution in [0.1, 0.15) is 27.7 Å². The Balaban J connectivity index is 1.86. The Kier molecular flexibility index (Phi) is 3.05. The largest absolute Gasteiger partial charge is 0.343 e. The first-order valence-electron chi connectivity index (χ1n) is 6.24. The van der Waals surface area contributed by atoms with E-state index in [1.54, 1.807) is 0 Å². The first-order chi connectivity index (χ1) is 8.31. The summed E-state index contributed by atoms with van der Waals surface area (Å²) in [5.74, 6) is -1.25. The number of fused-ring (bicyclic) bond motifs is 3. The van der Waals surface area contributed by atoms with Gasteiger partial charge in [-0.3, -0.25) is 0 Å². The van der Waals surface area contributed by atoms with Crippen LogP contribution in [0.3, 0.4) is 0 Å². The molecule has 0 bridgehead atoms. The normalized spacial score (nSPS) is 48.8. The van der Waals surface area contributed by atoms with Gasteiger partial charge in [-0.1, -0.05) is 15.9 Å². The number of rotatable bonds is 1. The summed E-state index contributed by atoms with van der Waals surface area (Å²) in [6, 6.07) is 0. The number of ether oxygens (including phenoxy) is 5. The lowest BCUT2D eigenvalue weighted by Crippen LogP contribution is -2.55. The second-order valence-corrected chi connectivity index (χ2v) is 6.51. The standard InChI is InChI=1S/C12H19BrO5/c1-11(2)15-7-6(5-13)14-10-9(8(7)16-11)17-12(3,4)18-10/h6-10H,5H2,1-4H3. The van der Waals surface area contributed by atoms with Crippen molar-refractivity contribution in [3.8, 4) is 0 Å². The van der Waals surface area contributed by atoms with Crippen LogP contribution in [0.2, 0.25) is 0 Å². The molecule has 3 rings (SSSR count). The zero-order valence-electron chi connectivity index (χ0n) is 11.0. The Labute approximate surface area is 115 Å². The third-order valence-electron chi connectivity index (χ3n) is 3.40. The zero-order valence-corrected chi connectivity index (χ0v) is 12.6. The van der Waals surface area contributed by atoms with E-state index in [1.165, 1.54) is 0 Å². The molecule has 0 aliphatic carbocycles. The minimum absolute atomic E-state index is 0.0875. The molecule has 0 saturated carbocycles. The van der Waals surface area contributed by atoms with Crippen molar-refractivity contribution >= 4 is 15.9 Å². The molecule has 0 aromatic rings. The fourth-order valence-electron chi connectivity index (χ4n) is 2.82. The van der Waals surface area contributed by atoms with E-state index in [0.29, 0.717) is 5.33 Å². The van der Waals surface area contributed by atoms with E-state index in [-0.39, 0.29) is 30.7 Å². The van der Waals surface area contributed by atoms with Crippen molar-refractivity contribution in [2.45, 2.75) is 70.0 Å². The molecule has 5 nitrogen and oxygen atoms in total. The van der Waals surface area contributed by atoms with E-state index < -0.39 is 11.6 Å². The molecule has 5 unspecified atom stereocenters. The van der Waals surface area contributed by atoms with Gasteiger partial charge < -0.3 is 23.7 Å². The van der Waals surface area contributed by atoms with E-state index in [4.69, 9.17) is 23.7 Å². The predicted molar refractivity (Wildman–Crippen MR) is 66.3 cm³/mol. The van der Waals surface area contributed by atoms with E-state index in [0.717, 1.165) is 0 Å². The molecule has 0 amide bonds. The quantitative estimate of drug-likeness (QED) is 0.689. The van der Waals surface area contributed by atoms with Gasteiger partial charge in [-0.2, -0.15) is 0 Å².